The van der Waals surface area contributed by atoms with Crippen LogP contribution in [0.1, 0.15) is 18.0 Å². The van der Waals surface area contributed by atoms with Crippen molar-refractivity contribution in [3.8, 4) is 0 Å². The van der Waals surface area contributed by atoms with E-state index in [1.54, 1.807) is 12.5 Å². The summed E-state index contributed by atoms with van der Waals surface area (Å²) in [7, 11) is 0. The van der Waals surface area contributed by atoms with Crippen LogP contribution in [-0.2, 0) is 0 Å². The highest BCUT2D eigenvalue weighted by Gasteiger charge is 2.14. The van der Waals surface area contributed by atoms with E-state index < -0.39 is 0 Å². The van der Waals surface area contributed by atoms with Gasteiger partial charge in [0.05, 0.1) is 19.1 Å². The normalized spacial score (nSPS) is 23.8. The minimum absolute atomic E-state index is 0.263. The topological polar surface area (TPSA) is 37.9 Å². The van der Waals surface area contributed by atoms with Crippen LogP contribution in [0.15, 0.2) is 33.2 Å². The molecule has 0 saturated carbocycles. The first-order valence-corrected chi connectivity index (χ1v) is 3.35. The van der Waals surface area contributed by atoms with Gasteiger partial charge < -0.3 is 4.42 Å². The summed E-state index contributed by atoms with van der Waals surface area (Å²) in [6.45, 7) is 0.857. The molecule has 1 unspecified atom stereocenters. The van der Waals surface area contributed by atoms with Crippen LogP contribution in [0.25, 0.3) is 0 Å². The van der Waals surface area contributed by atoms with E-state index in [0.717, 1.165) is 18.5 Å². The molecular formula is C7H8N2O. The van der Waals surface area contributed by atoms with Crippen molar-refractivity contribution in [2.24, 2.45) is 10.2 Å². The van der Waals surface area contributed by atoms with Crippen molar-refractivity contribution in [1.29, 1.82) is 0 Å². The summed E-state index contributed by atoms with van der Waals surface area (Å²) in [6, 6.07) is 2.20. The molecule has 0 aliphatic carbocycles. The van der Waals surface area contributed by atoms with Crippen LogP contribution >= 0.6 is 0 Å². The Kier molecular flexibility index (Phi) is 1.27. The zero-order valence-corrected chi connectivity index (χ0v) is 5.53. The fourth-order valence-corrected chi connectivity index (χ4v) is 1.09. The maximum atomic E-state index is 4.93. The highest BCUT2D eigenvalue weighted by molar-refractivity contribution is 5.12. The number of hydrogen-bond donors (Lipinski definition) is 0. The lowest BCUT2D eigenvalue weighted by Crippen LogP contribution is -1.87. The lowest BCUT2D eigenvalue weighted by atomic mass is 10.1. The van der Waals surface area contributed by atoms with Crippen LogP contribution in [0.2, 0.25) is 0 Å². The number of rotatable bonds is 1. The molecular weight excluding hydrogens is 128 g/mol. The highest BCUT2D eigenvalue weighted by Crippen LogP contribution is 2.25. The first kappa shape index (κ1) is 5.65. The predicted octanol–water partition coefficient (Wildman–Crippen LogP) is 2.18. The van der Waals surface area contributed by atoms with Crippen molar-refractivity contribution in [2.45, 2.75) is 12.5 Å². The molecule has 0 bridgehead atoms. The van der Waals surface area contributed by atoms with E-state index in [1.165, 1.54) is 0 Å². The van der Waals surface area contributed by atoms with E-state index in [2.05, 4.69) is 10.2 Å². The quantitative estimate of drug-likeness (QED) is 0.583. The number of hydrogen-bond acceptors (Lipinski definition) is 3. The molecule has 1 aromatic rings. The fraction of sp³-hybridized carbons (Fsp3) is 0.429. The Morgan fingerprint density at radius 2 is 2.60 bits per heavy atom. The average molecular weight is 136 g/mol. The molecule has 52 valence electrons. The molecule has 3 nitrogen and oxygen atoms in total. The van der Waals surface area contributed by atoms with Crippen molar-refractivity contribution < 1.29 is 4.42 Å². The second-order valence-electron chi connectivity index (χ2n) is 2.34. The van der Waals surface area contributed by atoms with Crippen LogP contribution in [-0.4, -0.2) is 6.54 Å². The monoisotopic (exact) mass is 136 g/mol. The highest BCUT2D eigenvalue weighted by atomic mass is 16.3. The van der Waals surface area contributed by atoms with E-state index in [0.29, 0.717) is 0 Å². The molecule has 0 spiro atoms. The molecule has 1 atom stereocenters. The van der Waals surface area contributed by atoms with E-state index >= 15 is 0 Å². The Labute approximate surface area is 58.8 Å². The first-order chi connectivity index (χ1) is 4.97. The smallest absolute Gasteiger partial charge is 0.101 e. The molecule has 0 saturated heterocycles. The third-order valence-electron chi connectivity index (χ3n) is 1.65. The summed E-state index contributed by atoms with van der Waals surface area (Å²) >= 11 is 0. The van der Waals surface area contributed by atoms with E-state index in [9.17, 15) is 0 Å². The van der Waals surface area contributed by atoms with Gasteiger partial charge in [0.2, 0.25) is 0 Å². The van der Waals surface area contributed by atoms with Crippen LogP contribution in [0, 0.1) is 0 Å². The van der Waals surface area contributed by atoms with Crippen LogP contribution in [0.5, 0.6) is 0 Å². The predicted molar refractivity (Wildman–Crippen MR) is 35.8 cm³/mol. The van der Waals surface area contributed by atoms with E-state index in [4.69, 9.17) is 4.42 Å². The average Bonchev–Trinajstić information content (AvgIpc) is 2.59. The molecule has 10 heavy (non-hydrogen) atoms. The lowest BCUT2D eigenvalue weighted by Gasteiger charge is -1.97. The molecule has 2 rings (SSSR count). The van der Waals surface area contributed by atoms with Gasteiger partial charge in [0.15, 0.2) is 0 Å². The molecule has 1 aliphatic heterocycles. The second kappa shape index (κ2) is 2.25. The zero-order valence-electron chi connectivity index (χ0n) is 5.53. The summed E-state index contributed by atoms with van der Waals surface area (Å²) < 4.78 is 4.93. The first-order valence-electron chi connectivity index (χ1n) is 3.35. The second-order valence-corrected chi connectivity index (χ2v) is 2.34. The van der Waals surface area contributed by atoms with Gasteiger partial charge in [-0.25, -0.2) is 0 Å². The SMILES string of the molecule is c1cc(C2CCN=N2)co1. The zero-order chi connectivity index (χ0) is 6.81. The van der Waals surface area contributed by atoms with Gasteiger partial charge in [0.25, 0.3) is 0 Å². The van der Waals surface area contributed by atoms with Crippen LogP contribution in [0.4, 0.5) is 0 Å². The number of nitrogens with zero attached hydrogens (tertiary/aromatic N) is 2. The number of furan rings is 1. The van der Waals surface area contributed by atoms with Gasteiger partial charge in [-0.3, -0.25) is 0 Å². The molecule has 3 heteroatoms. The largest absolute Gasteiger partial charge is 0.472 e. The number of azo groups is 1. The molecule has 0 amide bonds. The Morgan fingerprint density at radius 1 is 1.60 bits per heavy atom. The van der Waals surface area contributed by atoms with Crippen molar-refractivity contribution in [2.75, 3.05) is 6.54 Å². The summed E-state index contributed by atoms with van der Waals surface area (Å²) in [5.41, 5.74) is 1.14. The standard InChI is InChI=1S/C7H8N2O/c1-3-8-9-7(1)6-2-4-10-5-6/h2,4-5,7H,1,3H2. The molecule has 0 radical (unpaired) electrons. The lowest BCUT2D eigenvalue weighted by molar-refractivity contribution is 0.559. The molecule has 0 aromatic carbocycles. The Hall–Kier alpha value is -1.12. The fourth-order valence-electron chi connectivity index (χ4n) is 1.09. The summed E-state index contributed by atoms with van der Waals surface area (Å²) in [5, 5.41) is 7.95. The minimum atomic E-state index is 0.263. The van der Waals surface area contributed by atoms with Gasteiger partial charge in [-0.1, -0.05) is 0 Å². The molecule has 0 N–H and O–H groups in total. The van der Waals surface area contributed by atoms with Gasteiger partial charge >= 0.3 is 0 Å². The minimum Gasteiger partial charge on any atom is -0.472 e. The molecule has 1 aromatic heterocycles. The van der Waals surface area contributed by atoms with Crippen LogP contribution in [0.3, 0.4) is 0 Å². The molecule has 1 aliphatic rings. The van der Waals surface area contributed by atoms with Crippen molar-refractivity contribution >= 4 is 0 Å². The summed E-state index contributed by atoms with van der Waals surface area (Å²) in [4.78, 5) is 0. The van der Waals surface area contributed by atoms with Crippen molar-refractivity contribution in [3.05, 3.63) is 24.2 Å². The van der Waals surface area contributed by atoms with Gasteiger partial charge in [0.1, 0.15) is 6.04 Å². The van der Waals surface area contributed by atoms with E-state index in [1.807, 2.05) is 6.07 Å². The molecule has 0 fully saturated rings. The maximum absolute atomic E-state index is 4.93. The van der Waals surface area contributed by atoms with Gasteiger partial charge in [0, 0.05) is 5.56 Å². The van der Waals surface area contributed by atoms with Crippen molar-refractivity contribution in [3.63, 3.8) is 0 Å². The summed E-state index contributed by atoms with van der Waals surface area (Å²) in [5.74, 6) is 0. The maximum Gasteiger partial charge on any atom is 0.101 e. The van der Waals surface area contributed by atoms with Gasteiger partial charge in [-0.15, -0.1) is 0 Å². The van der Waals surface area contributed by atoms with Gasteiger partial charge in [-0.05, 0) is 12.5 Å². The van der Waals surface area contributed by atoms with Crippen LogP contribution < -0.4 is 0 Å². The Bertz CT molecular complexity index is 228. The Morgan fingerprint density at radius 3 is 3.20 bits per heavy atom. The Balaban J connectivity index is 2.20. The third kappa shape index (κ3) is 0.835. The van der Waals surface area contributed by atoms with Gasteiger partial charge in [-0.2, -0.15) is 10.2 Å². The third-order valence-corrected chi connectivity index (χ3v) is 1.65. The van der Waals surface area contributed by atoms with Crippen molar-refractivity contribution in [1.82, 2.24) is 0 Å². The van der Waals surface area contributed by atoms with E-state index in [-0.39, 0.29) is 6.04 Å². The summed E-state index contributed by atoms with van der Waals surface area (Å²) in [6.07, 6.45) is 4.43. The molecule has 2 heterocycles.